The van der Waals surface area contributed by atoms with Gasteiger partial charge in [-0.25, -0.2) is 4.79 Å². The second-order valence-corrected chi connectivity index (χ2v) is 3.17. The van der Waals surface area contributed by atoms with E-state index in [1.807, 2.05) is 0 Å². The van der Waals surface area contributed by atoms with Crippen LogP contribution in [0.1, 0.15) is 18.8 Å². The molecule has 0 radical (unpaired) electrons. The highest BCUT2D eigenvalue weighted by Crippen LogP contribution is 2.22. The number of carboxylic acid groups (broad SMARTS) is 1. The first-order valence-corrected chi connectivity index (χ1v) is 4.71. The molecule has 18 heavy (non-hydrogen) atoms. The molecular weight excluding hydrogens is 246 g/mol. The maximum absolute atomic E-state index is 10.8. The molecule has 1 aromatic rings. The van der Waals surface area contributed by atoms with Crippen molar-refractivity contribution in [3.05, 3.63) is 39.9 Å². The highest BCUT2D eigenvalue weighted by Gasteiger charge is 2.20. The summed E-state index contributed by atoms with van der Waals surface area (Å²) in [7, 11) is 0. The molecule has 96 valence electrons. The van der Waals surface area contributed by atoms with Gasteiger partial charge in [-0.3, -0.25) is 14.9 Å². The molecule has 8 heteroatoms. The van der Waals surface area contributed by atoms with Crippen molar-refractivity contribution in [2.24, 2.45) is 0 Å². The third kappa shape index (κ3) is 3.74. The Morgan fingerprint density at radius 2 is 1.83 bits per heavy atom. The maximum atomic E-state index is 10.8. The van der Waals surface area contributed by atoms with Crippen LogP contribution in [0.4, 0.5) is 10.5 Å². The fourth-order valence-electron chi connectivity index (χ4n) is 1.16. The lowest BCUT2D eigenvalue weighted by Gasteiger charge is -2.15. The quantitative estimate of drug-likeness (QED) is 0.377. The van der Waals surface area contributed by atoms with Gasteiger partial charge in [-0.05, 0) is 12.1 Å². The zero-order chi connectivity index (χ0) is 13.7. The first-order valence-electron chi connectivity index (χ1n) is 4.71. The summed E-state index contributed by atoms with van der Waals surface area (Å²) in [5.74, 6) is -0.736. The monoisotopic (exact) mass is 255 g/mol. The van der Waals surface area contributed by atoms with E-state index < -0.39 is 23.3 Å². The second kappa shape index (κ2) is 5.62. The van der Waals surface area contributed by atoms with Crippen LogP contribution in [0.25, 0.3) is 0 Å². The smallest absolute Gasteiger partial charge is 0.450 e. The van der Waals surface area contributed by atoms with Crippen LogP contribution < -0.4 is 0 Å². The van der Waals surface area contributed by atoms with Crippen molar-refractivity contribution in [1.82, 2.24) is 0 Å². The average molecular weight is 255 g/mol. The number of rotatable bonds is 4. The Hall–Kier alpha value is -2.64. The molecule has 1 N–H and O–H groups in total. The molecule has 0 aliphatic heterocycles. The SMILES string of the molecule is CC(=O)OC(OC(=O)O)c1ccc([N+](=O)[O-])cc1. The van der Waals surface area contributed by atoms with Crippen molar-refractivity contribution < 1.29 is 29.1 Å². The van der Waals surface area contributed by atoms with E-state index in [-0.39, 0.29) is 11.3 Å². The van der Waals surface area contributed by atoms with E-state index in [9.17, 15) is 19.7 Å². The summed E-state index contributed by atoms with van der Waals surface area (Å²) in [5, 5.41) is 18.9. The van der Waals surface area contributed by atoms with Crippen molar-refractivity contribution in [2.45, 2.75) is 13.2 Å². The predicted molar refractivity (Wildman–Crippen MR) is 56.7 cm³/mol. The summed E-state index contributed by atoms with van der Waals surface area (Å²) in [6.45, 7) is 1.09. The van der Waals surface area contributed by atoms with Crippen molar-refractivity contribution >= 4 is 17.8 Å². The van der Waals surface area contributed by atoms with Gasteiger partial charge in [0.25, 0.3) is 12.0 Å². The summed E-state index contributed by atoms with van der Waals surface area (Å²) in [6.07, 6.45) is -3.07. The van der Waals surface area contributed by atoms with Gasteiger partial charge in [-0.2, -0.15) is 0 Å². The van der Waals surface area contributed by atoms with Crippen LogP contribution in [-0.2, 0) is 14.3 Å². The van der Waals surface area contributed by atoms with E-state index in [1.165, 1.54) is 12.1 Å². The largest absolute Gasteiger partial charge is 0.509 e. The second-order valence-electron chi connectivity index (χ2n) is 3.17. The number of carbonyl (C=O) groups excluding carboxylic acids is 1. The molecule has 1 rings (SSSR count). The average Bonchev–Trinajstić information content (AvgIpc) is 2.27. The first-order chi connectivity index (χ1) is 8.40. The van der Waals surface area contributed by atoms with Gasteiger partial charge in [0.1, 0.15) is 0 Å². The molecule has 0 amide bonds. The molecule has 0 aliphatic rings. The summed E-state index contributed by atoms with van der Waals surface area (Å²) in [4.78, 5) is 31.0. The number of carbonyl (C=O) groups is 2. The normalized spacial score (nSPS) is 11.4. The van der Waals surface area contributed by atoms with Gasteiger partial charge in [0.05, 0.1) is 4.92 Å². The van der Waals surface area contributed by atoms with Gasteiger partial charge >= 0.3 is 12.1 Å². The Morgan fingerprint density at radius 1 is 1.28 bits per heavy atom. The van der Waals surface area contributed by atoms with Crippen molar-refractivity contribution in [3.63, 3.8) is 0 Å². The molecule has 8 nitrogen and oxygen atoms in total. The van der Waals surface area contributed by atoms with Gasteiger partial charge in [-0.1, -0.05) is 0 Å². The van der Waals surface area contributed by atoms with Crippen molar-refractivity contribution in [2.75, 3.05) is 0 Å². The number of non-ortho nitro benzene ring substituents is 1. The number of ether oxygens (including phenoxy) is 2. The Morgan fingerprint density at radius 3 is 2.22 bits per heavy atom. The fraction of sp³-hybridized carbons (Fsp3) is 0.200. The minimum atomic E-state index is -1.63. The molecule has 0 bridgehead atoms. The summed E-state index contributed by atoms with van der Waals surface area (Å²) in [6, 6.07) is 4.79. The molecule has 0 aliphatic carbocycles. The van der Waals surface area contributed by atoms with E-state index in [0.717, 1.165) is 19.1 Å². The zero-order valence-electron chi connectivity index (χ0n) is 9.23. The van der Waals surface area contributed by atoms with Crippen LogP contribution in [-0.4, -0.2) is 22.2 Å². The number of esters is 1. The zero-order valence-corrected chi connectivity index (χ0v) is 9.23. The minimum Gasteiger partial charge on any atom is -0.450 e. The number of nitro benzene ring substituents is 1. The number of nitrogens with zero attached hydrogens (tertiary/aromatic N) is 1. The van der Waals surface area contributed by atoms with Crippen molar-refractivity contribution in [3.8, 4) is 0 Å². The molecule has 0 aromatic heterocycles. The number of nitro groups is 1. The lowest BCUT2D eigenvalue weighted by atomic mass is 10.2. The molecule has 0 fully saturated rings. The lowest BCUT2D eigenvalue weighted by molar-refractivity contribution is -0.384. The van der Waals surface area contributed by atoms with Crippen LogP contribution in [0, 0.1) is 10.1 Å². The first kappa shape index (κ1) is 13.4. The Bertz CT molecular complexity index is 452. The third-order valence-corrected chi connectivity index (χ3v) is 1.86. The van der Waals surface area contributed by atoms with Gasteiger partial charge < -0.3 is 14.6 Å². The predicted octanol–water partition coefficient (Wildman–Crippen LogP) is 1.85. The molecule has 0 heterocycles. The Labute approximate surface area is 101 Å². The summed E-state index contributed by atoms with van der Waals surface area (Å²) >= 11 is 0. The van der Waals surface area contributed by atoms with Crippen molar-refractivity contribution in [1.29, 1.82) is 0 Å². The molecule has 1 atom stereocenters. The van der Waals surface area contributed by atoms with Crippen LogP contribution in [0.3, 0.4) is 0 Å². The van der Waals surface area contributed by atoms with E-state index in [0.29, 0.717) is 0 Å². The van der Waals surface area contributed by atoms with Gasteiger partial charge in [0.15, 0.2) is 0 Å². The lowest BCUT2D eigenvalue weighted by Crippen LogP contribution is -2.15. The molecular formula is C10H9NO7. The van der Waals surface area contributed by atoms with Crippen LogP contribution in [0.15, 0.2) is 24.3 Å². The Balaban J connectivity index is 2.93. The number of hydrogen-bond donors (Lipinski definition) is 1. The van der Waals surface area contributed by atoms with Crippen LogP contribution in [0.5, 0.6) is 0 Å². The Kier molecular flexibility index (Phi) is 4.19. The third-order valence-electron chi connectivity index (χ3n) is 1.86. The van der Waals surface area contributed by atoms with Crippen LogP contribution >= 0.6 is 0 Å². The van der Waals surface area contributed by atoms with Gasteiger partial charge in [0.2, 0.25) is 0 Å². The standard InChI is InChI=1S/C10H9NO7/c1-6(12)17-9(18-10(13)14)7-2-4-8(5-3-7)11(15)16/h2-5,9H,1H3,(H,13,14). The van der Waals surface area contributed by atoms with E-state index in [2.05, 4.69) is 9.47 Å². The number of hydrogen-bond acceptors (Lipinski definition) is 6. The molecule has 0 saturated heterocycles. The number of benzene rings is 1. The topological polar surface area (TPSA) is 116 Å². The van der Waals surface area contributed by atoms with E-state index in [1.54, 1.807) is 0 Å². The molecule has 0 spiro atoms. The molecule has 0 saturated carbocycles. The summed E-state index contributed by atoms with van der Waals surface area (Å²) in [5.41, 5.74) is 0.00819. The highest BCUT2D eigenvalue weighted by molar-refractivity contribution is 5.66. The molecule has 1 unspecified atom stereocenters. The minimum absolute atomic E-state index is 0.171. The van der Waals surface area contributed by atoms with E-state index in [4.69, 9.17) is 5.11 Å². The fourth-order valence-corrected chi connectivity index (χ4v) is 1.16. The van der Waals surface area contributed by atoms with E-state index >= 15 is 0 Å². The summed E-state index contributed by atoms with van der Waals surface area (Å²) < 4.78 is 8.99. The van der Waals surface area contributed by atoms with Gasteiger partial charge in [-0.15, -0.1) is 0 Å². The maximum Gasteiger partial charge on any atom is 0.509 e. The van der Waals surface area contributed by atoms with Crippen LogP contribution in [0.2, 0.25) is 0 Å². The highest BCUT2D eigenvalue weighted by atomic mass is 16.8. The molecule has 1 aromatic carbocycles. The van der Waals surface area contributed by atoms with Gasteiger partial charge in [0, 0.05) is 24.6 Å².